The van der Waals surface area contributed by atoms with E-state index in [1.54, 1.807) is 35.9 Å². The number of rotatable bonds is 3. The Labute approximate surface area is 114 Å². The lowest BCUT2D eigenvalue weighted by Crippen LogP contribution is -2.22. The maximum Gasteiger partial charge on any atom is 0.267 e. The second-order valence-electron chi connectivity index (χ2n) is 4.05. The summed E-state index contributed by atoms with van der Waals surface area (Å²) in [5.41, 5.74) is 1.67. The molecule has 0 saturated heterocycles. The summed E-state index contributed by atoms with van der Waals surface area (Å²) in [6, 6.07) is 11.1. The van der Waals surface area contributed by atoms with Gasteiger partial charge < -0.3 is 0 Å². The van der Waals surface area contributed by atoms with Crippen molar-refractivity contribution in [2.45, 2.75) is 6.54 Å². The second-order valence-corrected chi connectivity index (χ2v) is 5.00. The number of hydrogen-bond donors (Lipinski definition) is 0. The average Bonchev–Trinajstić information content (AvgIpc) is 2.96. The molecule has 0 aromatic carbocycles. The Balaban J connectivity index is 1.97. The van der Waals surface area contributed by atoms with Crippen LogP contribution in [0.2, 0.25) is 0 Å². The third-order valence-corrected chi connectivity index (χ3v) is 3.59. The van der Waals surface area contributed by atoms with Crippen molar-refractivity contribution < 1.29 is 0 Å². The fourth-order valence-electron chi connectivity index (χ4n) is 1.78. The molecule has 0 aliphatic rings. The summed E-state index contributed by atoms with van der Waals surface area (Å²) >= 11 is 1.61. The zero-order chi connectivity index (χ0) is 13.1. The quantitative estimate of drug-likeness (QED) is 0.733. The molecule has 0 radical (unpaired) electrons. The van der Waals surface area contributed by atoms with Crippen LogP contribution in [0.1, 0.15) is 5.56 Å². The lowest BCUT2D eigenvalue weighted by atomic mass is 10.3. The van der Waals surface area contributed by atoms with E-state index in [0.717, 1.165) is 16.1 Å². The summed E-state index contributed by atoms with van der Waals surface area (Å²) in [6.45, 7) is 0.436. The van der Waals surface area contributed by atoms with Gasteiger partial charge in [0.25, 0.3) is 5.56 Å². The zero-order valence-electron chi connectivity index (χ0n) is 10.1. The van der Waals surface area contributed by atoms with E-state index >= 15 is 0 Å². The molecule has 3 aromatic rings. The van der Waals surface area contributed by atoms with Gasteiger partial charge in [0, 0.05) is 18.5 Å². The molecule has 0 saturated carbocycles. The van der Waals surface area contributed by atoms with Gasteiger partial charge >= 0.3 is 0 Å². The SMILES string of the molecule is O=c1ccc(-c2cccs2)nn1Cc1cccnc1. The molecule has 3 aromatic heterocycles. The Bertz CT molecular complexity index is 720. The lowest BCUT2D eigenvalue weighted by Gasteiger charge is -2.05. The molecule has 3 rings (SSSR count). The highest BCUT2D eigenvalue weighted by Crippen LogP contribution is 2.21. The third-order valence-electron chi connectivity index (χ3n) is 2.70. The van der Waals surface area contributed by atoms with E-state index in [1.807, 2.05) is 29.6 Å². The monoisotopic (exact) mass is 269 g/mol. The molecule has 5 heteroatoms. The minimum atomic E-state index is -0.107. The van der Waals surface area contributed by atoms with Crippen LogP contribution in [0, 0.1) is 0 Å². The molecule has 0 spiro atoms. The van der Waals surface area contributed by atoms with E-state index in [0.29, 0.717) is 6.54 Å². The van der Waals surface area contributed by atoms with Gasteiger partial charge in [-0.05, 0) is 29.1 Å². The Kier molecular flexibility index (Phi) is 3.20. The van der Waals surface area contributed by atoms with Crippen LogP contribution in [0.3, 0.4) is 0 Å². The highest BCUT2D eigenvalue weighted by atomic mass is 32.1. The van der Waals surface area contributed by atoms with Crippen LogP contribution < -0.4 is 5.56 Å². The van der Waals surface area contributed by atoms with Crippen LogP contribution in [0.5, 0.6) is 0 Å². The summed E-state index contributed by atoms with van der Waals surface area (Å²) in [5, 5.41) is 6.39. The van der Waals surface area contributed by atoms with Crippen molar-refractivity contribution in [2.24, 2.45) is 0 Å². The highest BCUT2D eigenvalue weighted by molar-refractivity contribution is 7.13. The molecule has 0 atom stereocenters. The first-order valence-corrected chi connectivity index (χ1v) is 6.72. The Hall–Kier alpha value is -2.27. The minimum Gasteiger partial charge on any atom is -0.268 e. The van der Waals surface area contributed by atoms with Crippen molar-refractivity contribution in [1.82, 2.24) is 14.8 Å². The molecule has 4 nitrogen and oxygen atoms in total. The number of nitrogens with zero attached hydrogens (tertiary/aromatic N) is 3. The van der Waals surface area contributed by atoms with Gasteiger partial charge in [-0.15, -0.1) is 11.3 Å². The Morgan fingerprint density at radius 2 is 2.11 bits per heavy atom. The van der Waals surface area contributed by atoms with Crippen LogP contribution >= 0.6 is 11.3 Å². The molecular weight excluding hydrogens is 258 g/mol. The second kappa shape index (κ2) is 5.16. The summed E-state index contributed by atoms with van der Waals surface area (Å²) < 4.78 is 1.46. The van der Waals surface area contributed by atoms with Crippen molar-refractivity contribution in [2.75, 3.05) is 0 Å². The first kappa shape index (κ1) is 11.8. The Morgan fingerprint density at radius 3 is 2.84 bits per heavy atom. The van der Waals surface area contributed by atoms with Gasteiger partial charge in [0.15, 0.2) is 0 Å². The van der Waals surface area contributed by atoms with E-state index in [4.69, 9.17) is 0 Å². The zero-order valence-corrected chi connectivity index (χ0v) is 10.9. The van der Waals surface area contributed by atoms with Crippen LogP contribution in [0.25, 0.3) is 10.6 Å². The Morgan fingerprint density at radius 1 is 1.16 bits per heavy atom. The predicted molar refractivity (Wildman–Crippen MR) is 75.1 cm³/mol. The van der Waals surface area contributed by atoms with E-state index in [-0.39, 0.29) is 5.56 Å². The summed E-state index contributed by atoms with van der Waals surface area (Å²) in [5.74, 6) is 0. The number of hydrogen-bond acceptors (Lipinski definition) is 4. The fraction of sp³-hybridized carbons (Fsp3) is 0.0714. The van der Waals surface area contributed by atoms with Crippen LogP contribution in [0.15, 0.2) is 59.0 Å². The van der Waals surface area contributed by atoms with Gasteiger partial charge in [0.05, 0.1) is 11.4 Å². The molecule has 0 unspecified atom stereocenters. The smallest absolute Gasteiger partial charge is 0.267 e. The normalized spacial score (nSPS) is 10.5. The molecular formula is C14H11N3OS. The third kappa shape index (κ3) is 2.61. The van der Waals surface area contributed by atoms with Gasteiger partial charge in [-0.25, -0.2) is 4.68 Å². The van der Waals surface area contributed by atoms with Gasteiger partial charge in [-0.2, -0.15) is 5.10 Å². The van der Waals surface area contributed by atoms with Gasteiger partial charge in [-0.1, -0.05) is 12.1 Å². The van der Waals surface area contributed by atoms with Crippen LogP contribution in [0.4, 0.5) is 0 Å². The molecule has 0 fully saturated rings. The first-order chi connectivity index (χ1) is 9.33. The van der Waals surface area contributed by atoms with Crippen molar-refractivity contribution in [3.05, 3.63) is 70.1 Å². The standard InChI is InChI=1S/C14H11N3OS/c18-14-6-5-12(13-4-2-8-19-13)16-17(14)10-11-3-1-7-15-9-11/h1-9H,10H2. The van der Waals surface area contributed by atoms with E-state index < -0.39 is 0 Å². The van der Waals surface area contributed by atoms with E-state index in [1.165, 1.54) is 4.68 Å². The molecule has 19 heavy (non-hydrogen) atoms. The van der Waals surface area contributed by atoms with Gasteiger partial charge in [0.2, 0.25) is 0 Å². The molecule has 0 aliphatic carbocycles. The molecule has 0 aliphatic heterocycles. The minimum absolute atomic E-state index is 0.107. The highest BCUT2D eigenvalue weighted by Gasteiger charge is 2.04. The van der Waals surface area contributed by atoms with E-state index in [9.17, 15) is 4.79 Å². The fourth-order valence-corrected chi connectivity index (χ4v) is 2.47. The van der Waals surface area contributed by atoms with Crippen molar-refractivity contribution in [3.8, 4) is 10.6 Å². The first-order valence-electron chi connectivity index (χ1n) is 5.84. The summed E-state index contributed by atoms with van der Waals surface area (Å²) in [6.07, 6.45) is 3.45. The molecule has 94 valence electrons. The van der Waals surface area contributed by atoms with E-state index in [2.05, 4.69) is 10.1 Å². The number of aromatic nitrogens is 3. The van der Waals surface area contributed by atoms with Gasteiger partial charge in [-0.3, -0.25) is 9.78 Å². The largest absolute Gasteiger partial charge is 0.268 e. The topological polar surface area (TPSA) is 47.8 Å². The lowest BCUT2D eigenvalue weighted by molar-refractivity contribution is 0.641. The van der Waals surface area contributed by atoms with Gasteiger partial charge in [0.1, 0.15) is 5.69 Å². The van der Waals surface area contributed by atoms with Crippen molar-refractivity contribution in [1.29, 1.82) is 0 Å². The maximum atomic E-state index is 11.8. The summed E-state index contributed by atoms with van der Waals surface area (Å²) in [7, 11) is 0. The van der Waals surface area contributed by atoms with Crippen molar-refractivity contribution >= 4 is 11.3 Å². The molecule has 3 heterocycles. The van der Waals surface area contributed by atoms with Crippen LogP contribution in [-0.2, 0) is 6.54 Å². The van der Waals surface area contributed by atoms with Crippen molar-refractivity contribution in [3.63, 3.8) is 0 Å². The number of pyridine rings is 1. The number of thiophene rings is 1. The average molecular weight is 269 g/mol. The maximum absolute atomic E-state index is 11.8. The molecule has 0 N–H and O–H groups in total. The molecule has 0 bridgehead atoms. The summed E-state index contributed by atoms with van der Waals surface area (Å²) in [4.78, 5) is 16.9. The molecule has 0 amide bonds. The predicted octanol–water partition coefficient (Wildman–Crippen LogP) is 2.42. The van der Waals surface area contributed by atoms with Crippen LogP contribution in [-0.4, -0.2) is 14.8 Å².